The normalized spacial score (nSPS) is 11.9. The molecule has 0 saturated carbocycles. The third kappa shape index (κ3) is 4.86. The second kappa shape index (κ2) is 9.23. The summed E-state index contributed by atoms with van der Waals surface area (Å²) < 4.78 is 6.34. The predicted molar refractivity (Wildman–Crippen MR) is 119 cm³/mol. The minimum absolute atomic E-state index is 0.339. The molecule has 4 heteroatoms. The quantitative estimate of drug-likeness (QED) is 0.325. The second-order valence-electron chi connectivity index (χ2n) is 6.71. The number of hydrogen-bond acceptors (Lipinski definition) is 2. The molecule has 0 aliphatic carbocycles. The van der Waals surface area contributed by atoms with Gasteiger partial charge in [0.1, 0.15) is 6.10 Å². The fourth-order valence-corrected chi connectivity index (χ4v) is 3.77. The second-order valence-corrected chi connectivity index (χ2v) is 7.55. The molecular weight excluding hydrogens is 401 g/mol. The molecule has 2 nitrogen and oxygen atoms in total. The molecule has 1 heterocycles. The molecule has 1 atom stereocenters. The molecular formula is C25H19Cl2NO. The summed E-state index contributed by atoms with van der Waals surface area (Å²) in [5.41, 5.74) is 5.23. The SMILES string of the molecule is Clc1ccc(C(OCc2cccc(-c3ccccc3)c2)c2cccnc2)c(Cl)c1. The Balaban J connectivity index is 1.61. The number of pyridine rings is 1. The van der Waals surface area contributed by atoms with Crippen molar-refractivity contribution in [3.63, 3.8) is 0 Å². The summed E-state index contributed by atoms with van der Waals surface area (Å²) >= 11 is 12.6. The molecule has 0 radical (unpaired) electrons. The van der Waals surface area contributed by atoms with E-state index in [2.05, 4.69) is 41.4 Å². The molecule has 0 spiro atoms. The van der Waals surface area contributed by atoms with E-state index < -0.39 is 0 Å². The van der Waals surface area contributed by atoms with Gasteiger partial charge in [-0.25, -0.2) is 0 Å². The van der Waals surface area contributed by atoms with Gasteiger partial charge in [-0.05, 0) is 41.0 Å². The molecule has 0 amide bonds. The van der Waals surface area contributed by atoms with Crippen molar-refractivity contribution in [2.75, 3.05) is 0 Å². The van der Waals surface area contributed by atoms with E-state index in [4.69, 9.17) is 27.9 Å². The highest BCUT2D eigenvalue weighted by atomic mass is 35.5. The van der Waals surface area contributed by atoms with Crippen molar-refractivity contribution in [2.45, 2.75) is 12.7 Å². The van der Waals surface area contributed by atoms with Gasteiger partial charge in [0, 0.05) is 33.6 Å². The maximum absolute atomic E-state index is 6.48. The van der Waals surface area contributed by atoms with Gasteiger partial charge in [0.2, 0.25) is 0 Å². The van der Waals surface area contributed by atoms with Gasteiger partial charge in [-0.3, -0.25) is 4.98 Å². The average molecular weight is 420 g/mol. The van der Waals surface area contributed by atoms with Crippen molar-refractivity contribution in [1.82, 2.24) is 4.98 Å². The van der Waals surface area contributed by atoms with E-state index >= 15 is 0 Å². The molecule has 3 aromatic carbocycles. The van der Waals surface area contributed by atoms with E-state index in [-0.39, 0.29) is 6.10 Å². The standard InChI is InChI=1S/C25H19Cl2NO/c26-22-11-12-23(24(27)15-22)25(21-10-5-13-28-16-21)29-17-18-6-4-9-20(14-18)19-7-2-1-3-8-19/h1-16,25H,17H2. The summed E-state index contributed by atoms with van der Waals surface area (Å²) in [6.45, 7) is 0.444. The van der Waals surface area contributed by atoms with Crippen molar-refractivity contribution in [3.8, 4) is 11.1 Å². The van der Waals surface area contributed by atoms with E-state index in [1.54, 1.807) is 18.5 Å². The van der Waals surface area contributed by atoms with Crippen LogP contribution in [0.2, 0.25) is 10.0 Å². The first kappa shape index (κ1) is 19.7. The summed E-state index contributed by atoms with van der Waals surface area (Å²) in [7, 11) is 0. The zero-order valence-corrected chi connectivity index (χ0v) is 17.1. The van der Waals surface area contributed by atoms with Gasteiger partial charge < -0.3 is 4.74 Å². The Labute approximate surface area is 180 Å². The lowest BCUT2D eigenvalue weighted by Crippen LogP contribution is -2.08. The highest BCUT2D eigenvalue weighted by molar-refractivity contribution is 6.35. The first-order valence-corrected chi connectivity index (χ1v) is 10.1. The van der Waals surface area contributed by atoms with Crippen molar-refractivity contribution >= 4 is 23.2 Å². The van der Waals surface area contributed by atoms with Crippen molar-refractivity contribution in [2.24, 2.45) is 0 Å². The third-order valence-corrected chi connectivity index (χ3v) is 5.25. The van der Waals surface area contributed by atoms with Gasteiger partial charge in [-0.2, -0.15) is 0 Å². The summed E-state index contributed by atoms with van der Waals surface area (Å²) in [4.78, 5) is 4.24. The van der Waals surface area contributed by atoms with Crippen LogP contribution >= 0.6 is 23.2 Å². The van der Waals surface area contributed by atoms with Crippen molar-refractivity contribution in [1.29, 1.82) is 0 Å². The Bertz CT molecular complexity index is 1080. The lowest BCUT2D eigenvalue weighted by atomic mass is 10.0. The van der Waals surface area contributed by atoms with Crippen LogP contribution in [-0.4, -0.2) is 4.98 Å². The van der Waals surface area contributed by atoms with Crippen LogP contribution in [0.15, 0.2) is 97.3 Å². The Morgan fingerprint density at radius 2 is 1.62 bits per heavy atom. The fourth-order valence-electron chi connectivity index (χ4n) is 3.26. The topological polar surface area (TPSA) is 22.1 Å². The molecule has 144 valence electrons. The van der Waals surface area contributed by atoms with Gasteiger partial charge in [0.15, 0.2) is 0 Å². The van der Waals surface area contributed by atoms with E-state index in [9.17, 15) is 0 Å². The molecule has 4 rings (SSSR count). The molecule has 1 unspecified atom stereocenters. The molecule has 0 aliphatic heterocycles. The van der Waals surface area contributed by atoms with Crippen LogP contribution < -0.4 is 0 Å². The number of benzene rings is 3. The lowest BCUT2D eigenvalue weighted by molar-refractivity contribution is 0.0666. The first-order valence-electron chi connectivity index (χ1n) is 9.31. The van der Waals surface area contributed by atoms with Gasteiger partial charge in [0.25, 0.3) is 0 Å². The van der Waals surface area contributed by atoms with Crippen LogP contribution in [-0.2, 0) is 11.3 Å². The zero-order chi connectivity index (χ0) is 20.1. The molecule has 0 bridgehead atoms. The molecule has 0 saturated heterocycles. The van der Waals surface area contributed by atoms with Gasteiger partial charge >= 0.3 is 0 Å². The van der Waals surface area contributed by atoms with E-state index in [0.717, 1.165) is 22.3 Å². The van der Waals surface area contributed by atoms with Gasteiger partial charge in [0.05, 0.1) is 6.61 Å². The predicted octanol–water partition coefficient (Wildman–Crippen LogP) is 7.36. The number of hydrogen-bond donors (Lipinski definition) is 0. The van der Waals surface area contributed by atoms with Crippen LogP contribution in [0.4, 0.5) is 0 Å². The summed E-state index contributed by atoms with van der Waals surface area (Å²) in [6.07, 6.45) is 3.21. The molecule has 0 N–H and O–H groups in total. The van der Waals surface area contributed by atoms with Crippen LogP contribution in [0.3, 0.4) is 0 Å². The van der Waals surface area contributed by atoms with Gasteiger partial charge in [-0.15, -0.1) is 0 Å². The van der Waals surface area contributed by atoms with Crippen LogP contribution in [0.25, 0.3) is 11.1 Å². The van der Waals surface area contributed by atoms with Crippen LogP contribution in [0.5, 0.6) is 0 Å². The minimum atomic E-state index is -0.339. The zero-order valence-electron chi connectivity index (χ0n) is 15.6. The smallest absolute Gasteiger partial charge is 0.111 e. The third-order valence-electron chi connectivity index (χ3n) is 4.68. The lowest BCUT2D eigenvalue weighted by Gasteiger charge is -2.20. The number of aromatic nitrogens is 1. The number of nitrogens with zero attached hydrogens (tertiary/aromatic N) is 1. The van der Waals surface area contributed by atoms with Crippen LogP contribution in [0.1, 0.15) is 22.8 Å². The Hall–Kier alpha value is -2.65. The fraction of sp³-hybridized carbons (Fsp3) is 0.0800. The summed E-state index contributed by atoms with van der Waals surface area (Å²) in [5, 5.41) is 1.17. The highest BCUT2D eigenvalue weighted by Crippen LogP contribution is 2.33. The molecule has 1 aromatic heterocycles. The van der Waals surface area contributed by atoms with E-state index in [1.165, 1.54) is 5.56 Å². The molecule has 0 fully saturated rings. The molecule has 4 aromatic rings. The Morgan fingerprint density at radius 1 is 0.793 bits per heavy atom. The van der Waals surface area contributed by atoms with E-state index in [0.29, 0.717) is 16.7 Å². The van der Waals surface area contributed by atoms with E-state index in [1.807, 2.05) is 42.5 Å². The van der Waals surface area contributed by atoms with Gasteiger partial charge in [-0.1, -0.05) is 83.9 Å². The number of rotatable bonds is 6. The van der Waals surface area contributed by atoms with Crippen molar-refractivity contribution < 1.29 is 4.74 Å². The van der Waals surface area contributed by atoms with Crippen LogP contribution in [0, 0.1) is 0 Å². The number of ether oxygens (including phenoxy) is 1. The highest BCUT2D eigenvalue weighted by Gasteiger charge is 2.18. The summed E-state index contributed by atoms with van der Waals surface area (Å²) in [5.74, 6) is 0. The molecule has 0 aliphatic rings. The maximum Gasteiger partial charge on any atom is 0.111 e. The minimum Gasteiger partial charge on any atom is -0.364 e. The molecule has 29 heavy (non-hydrogen) atoms. The monoisotopic (exact) mass is 419 g/mol. The van der Waals surface area contributed by atoms with Crippen molar-refractivity contribution in [3.05, 3.63) is 124 Å². The Kier molecular flexibility index (Phi) is 6.26. The largest absolute Gasteiger partial charge is 0.364 e. The maximum atomic E-state index is 6.48. The summed E-state index contributed by atoms with van der Waals surface area (Å²) in [6, 6.07) is 28.0. The first-order chi connectivity index (χ1) is 14.2. The number of halogens is 2. The Morgan fingerprint density at radius 3 is 2.38 bits per heavy atom. The average Bonchev–Trinajstić information content (AvgIpc) is 2.77.